The van der Waals surface area contributed by atoms with Crippen molar-refractivity contribution in [3.05, 3.63) is 65.8 Å². The van der Waals surface area contributed by atoms with Crippen molar-refractivity contribution in [1.29, 1.82) is 0 Å². The van der Waals surface area contributed by atoms with Crippen LogP contribution in [0.3, 0.4) is 0 Å². The van der Waals surface area contributed by atoms with E-state index >= 15 is 0 Å². The third-order valence-corrected chi connectivity index (χ3v) is 5.30. The van der Waals surface area contributed by atoms with E-state index in [1.165, 1.54) is 19.3 Å². The van der Waals surface area contributed by atoms with Crippen molar-refractivity contribution in [3.8, 4) is 11.3 Å². The average Bonchev–Trinajstić information content (AvgIpc) is 3.39. The molecule has 1 unspecified atom stereocenters. The zero-order chi connectivity index (χ0) is 19.3. The van der Waals surface area contributed by atoms with Crippen LogP contribution in [0.5, 0.6) is 0 Å². The van der Waals surface area contributed by atoms with Gasteiger partial charge in [-0.2, -0.15) is 0 Å². The topological polar surface area (TPSA) is 71.5 Å². The molecule has 1 aliphatic rings. The second kappa shape index (κ2) is 8.44. The molecule has 0 spiro atoms. The Morgan fingerprint density at radius 2 is 1.93 bits per heavy atom. The monoisotopic (exact) mass is 379 g/mol. The number of furan rings is 1. The predicted molar refractivity (Wildman–Crippen MR) is 106 cm³/mol. The Bertz CT molecular complexity index is 897. The zero-order valence-electron chi connectivity index (χ0n) is 16.1. The lowest BCUT2D eigenvalue weighted by Gasteiger charge is -2.33. The molecule has 28 heavy (non-hydrogen) atoms. The third kappa shape index (κ3) is 3.87. The smallest absolute Gasteiger partial charge is 0.257 e. The molecule has 1 aromatic carbocycles. The molecular formula is C22H25N3O3. The molecule has 1 N–H and O–H groups in total. The molecule has 1 aliphatic heterocycles. The van der Waals surface area contributed by atoms with Crippen LogP contribution < -0.4 is 5.32 Å². The molecule has 2 aromatic heterocycles. The summed E-state index contributed by atoms with van der Waals surface area (Å²) < 4.78 is 11.0. The number of nitrogens with one attached hydrogen (secondary N) is 1. The number of nitrogens with zero attached hydrogens (tertiary/aromatic N) is 2. The summed E-state index contributed by atoms with van der Waals surface area (Å²) in [6, 6.07) is 13.5. The summed E-state index contributed by atoms with van der Waals surface area (Å²) in [6.07, 6.45) is 5.29. The number of amides is 1. The van der Waals surface area contributed by atoms with Crippen molar-refractivity contribution in [2.45, 2.75) is 32.2 Å². The van der Waals surface area contributed by atoms with Crippen LogP contribution >= 0.6 is 0 Å². The first-order valence-corrected chi connectivity index (χ1v) is 9.81. The first kappa shape index (κ1) is 18.5. The Labute approximate surface area is 164 Å². The first-order chi connectivity index (χ1) is 13.7. The molecule has 6 heteroatoms. The average molecular weight is 379 g/mol. The minimum atomic E-state index is -0.175. The maximum absolute atomic E-state index is 13.0. The van der Waals surface area contributed by atoms with E-state index in [9.17, 15) is 4.79 Å². The van der Waals surface area contributed by atoms with Gasteiger partial charge in [-0.25, -0.2) is 0 Å². The maximum atomic E-state index is 13.0. The Morgan fingerprint density at radius 3 is 2.64 bits per heavy atom. The maximum Gasteiger partial charge on any atom is 0.257 e. The molecule has 146 valence electrons. The molecular weight excluding hydrogens is 354 g/mol. The van der Waals surface area contributed by atoms with Crippen molar-refractivity contribution in [2.24, 2.45) is 0 Å². The van der Waals surface area contributed by atoms with Crippen LogP contribution in [0.25, 0.3) is 11.3 Å². The van der Waals surface area contributed by atoms with Crippen LogP contribution in [0.1, 0.15) is 47.2 Å². The minimum Gasteiger partial charge on any atom is -0.468 e. The van der Waals surface area contributed by atoms with Gasteiger partial charge in [-0.05, 0) is 45.0 Å². The van der Waals surface area contributed by atoms with Gasteiger partial charge in [0.2, 0.25) is 0 Å². The second-order valence-electron chi connectivity index (χ2n) is 7.17. The molecule has 4 rings (SSSR count). The molecule has 0 radical (unpaired) electrons. The van der Waals surface area contributed by atoms with Gasteiger partial charge >= 0.3 is 0 Å². The van der Waals surface area contributed by atoms with Crippen molar-refractivity contribution in [3.63, 3.8) is 0 Å². The van der Waals surface area contributed by atoms with Gasteiger partial charge in [-0.1, -0.05) is 41.9 Å². The fourth-order valence-corrected chi connectivity index (χ4v) is 3.83. The van der Waals surface area contributed by atoms with Crippen LogP contribution in [0.2, 0.25) is 0 Å². The fourth-order valence-electron chi connectivity index (χ4n) is 3.83. The predicted octanol–water partition coefficient (Wildman–Crippen LogP) is 4.20. The Kier molecular flexibility index (Phi) is 5.58. The highest BCUT2D eigenvalue weighted by atomic mass is 16.5. The molecule has 1 fully saturated rings. The number of carbonyl (C=O) groups excluding carboxylic acids is 1. The van der Waals surface area contributed by atoms with E-state index in [-0.39, 0.29) is 11.9 Å². The van der Waals surface area contributed by atoms with Crippen LogP contribution in [0.15, 0.2) is 57.7 Å². The van der Waals surface area contributed by atoms with E-state index in [2.05, 4.69) is 15.4 Å². The molecule has 1 amide bonds. The quantitative estimate of drug-likeness (QED) is 0.695. The van der Waals surface area contributed by atoms with Crippen LogP contribution in [-0.4, -0.2) is 35.6 Å². The fraction of sp³-hybridized carbons (Fsp3) is 0.364. The number of rotatable bonds is 6. The van der Waals surface area contributed by atoms with Gasteiger partial charge < -0.3 is 14.3 Å². The Balaban J connectivity index is 1.52. The first-order valence-electron chi connectivity index (χ1n) is 9.81. The van der Waals surface area contributed by atoms with E-state index in [0.717, 1.165) is 24.4 Å². The van der Waals surface area contributed by atoms with Crippen molar-refractivity contribution >= 4 is 5.91 Å². The lowest BCUT2D eigenvalue weighted by molar-refractivity contribution is 0.0913. The molecule has 1 saturated heterocycles. The lowest BCUT2D eigenvalue weighted by atomic mass is 10.0. The van der Waals surface area contributed by atoms with Crippen LogP contribution in [-0.2, 0) is 0 Å². The van der Waals surface area contributed by atoms with E-state index in [4.69, 9.17) is 8.94 Å². The van der Waals surface area contributed by atoms with Crippen LogP contribution in [0, 0.1) is 6.92 Å². The summed E-state index contributed by atoms with van der Waals surface area (Å²) >= 11 is 0. The SMILES string of the molecule is Cc1onc(-c2ccccc2)c1C(=O)NCC(c1ccco1)N1CCCCC1. The molecule has 0 saturated carbocycles. The normalized spacial score (nSPS) is 16.0. The summed E-state index contributed by atoms with van der Waals surface area (Å²) in [4.78, 5) is 15.4. The number of likely N-dealkylation sites (tertiary alicyclic amines) is 1. The molecule has 6 nitrogen and oxygen atoms in total. The summed E-state index contributed by atoms with van der Waals surface area (Å²) in [6.45, 7) is 4.28. The third-order valence-electron chi connectivity index (χ3n) is 5.30. The summed E-state index contributed by atoms with van der Waals surface area (Å²) in [5.41, 5.74) is 1.93. The zero-order valence-corrected chi connectivity index (χ0v) is 16.1. The summed E-state index contributed by atoms with van der Waals surface area (Å²) in [7, 11) is 0. The number of hydrogen-bond acceptors (Lipinski definition) is 5. The van der Waals surface area contributed by atoms with Crippen molar-refractivity contribution in [1.82, 2.24) is 15.4 Å². The van der Waals surface area contributed by atoms with Gasteiger partial charge in [-0.3, -0.25) is 9.69 Å². The van der Waals surface area contributed by atoms with Crippen LogP contribution in [0.4, 0.5) is 0 Å². The lowest BCUT2D eigenvalue weighted by Crippen LogP contribution is -2.40. The van der Waals surface area contributed by atoms with Crippen molar-refractivity contribution < 1.29 is 13.7 Å². The highest BCUT2D eigenvalue weighted by Crippen LogP contribution is 2.27. The van der Waals surface area contributed by atoms with Gasteiger partial charge in [0, 0.05) is 12.1 Å². The number of hydrogen-bond donors (Lipinski definition) is 1. The number of benzene rings is 1. The molecule has 0 bridgehead atoms. The van der Waals surface area contributed by atoms with E-state index in [1.807, 2.05) is 42.5 Å². The standard InChI is InChI=1S/C22H25N3O3/c1-16-20(21(24-28-16)17-9-4-2-5-10-17)22(26)23-15-18(19-11-8-14-27-19)25-12-6-3-7-13-25/h2,4-5,8-11,14,18H,3,6-7,12-13,15H2,1H3,(H,23,26). The largest absolute Gasteiger partial charge is 0.468 e. The molecule has 3 heterocycles. The van der Waals surface area contributed by atoms with Gasteiger partial charge in [0.05, 0.1) is 12.3 Å². The van der Waals surface area contributed by atoms with E-state index in [0.29, 0.717) is 23.6 Å². The molecule has 0 aliphatic carbocycles. The molecule has 3 aromatic rings. The number of carbonyl (C=O) groups is 1. The number of piperidine rings is 1. The summed E-state index contributed by atoms with van der Waals surface area (Å²) in [5.74, 6) is 1.22. The number of aryl methyl sites for hydroxylation is 1. The minimum absolute atomic E-state index is 0.0274. The second-order valence-corrected chi connectivity index (χ2v) is 7.17. The van der Waals surface area contributed by atoms with Gasteiger partial charge in [0.15, 0.2) is 0 Å². The number of aromatic nitrogens is 1. The molecule has 1 atom stereocenters. The highest BCUT2D eigenvalue weighted by Gasteiger charge is 2.27. The van der Waals surface area contributed by atoms with Gasteiger partial charge in [-0.15, -0.1) is 0 Å². The van der Waals surface area contributed by atoms with E-state index < -0.39 is 0 Å². The highest BCUT2D eigenvalue weighted by molar-refractivity contribution is 6.00. The van der Waals surface area contributed by atoms with E-state index in [1.54, 1.807) is 13.2 Å². The van der Waals surface area contributed by atoms with Crippen molar-refractivity contribution in [2.75, 3.05) is 19.6 Å². The van der Waals surface area contributed by atoms with Gasteiger partial charge in [0.25, 0.3) is 5.91 Å². The summed E-state index contributed by atoms with van der Waals surface area (Å²) in [5, 5.41) is 7.19. The Morgan fingerprint density at radius 1 is 1.14 bits per heavy atom. The Hall–Kier alpha value is -2.86. The van der Waals surface area contributed by atoms with Gasteiger partial charge in [0.1, 0.15) is 22.8 Å².